The van der Waals surface area contributed by atoms with Crippen LogP contribution in [-0.2, 0) is 6.61 Å². The van der Waals surface area contributed by atoms with Crippen LogP contribution in [0.4, 0.5) is 19.4 Å². The topological polar surface area (TPSA) is 9.23 Å². The van der Waals surface area contributed by atoms with Crippen LogP contribution in [0.1, 0.15) is 75.3 Å². The number of unbranched alkanes of at least 4 members (excludes halogenated alkanes) is 2. The van der Waals surface area contributed by atoms with E-state index in [1.807, 2.05) is 12.1 Å². The summed E-state index contributed by atoms with van der Waals surface area (Å²) < 4.78 is 69.3. The molecular formula is C24H31F5OS. The molecule has 174 valence electrons. The van der Waals surface area contributed by atoms with E-state index < -0.39 is 15.1 Å². The van der Waals surface area contributed by atoms with Crippen molar-refractivity contribution in [2.45, 2.75) is 75.7 Å². The van der Waals surface area contributed by atoms with Gasteiger partial charge in [0.15, 0.2) is 0 Å². The van der Waals surface area contributed by atoms with Crippen LogP contribution >= 0.6 is 10.2 Å². The fourth-order valence-electron chi connectivity index (χ4n) is 4.31. The molecule has 2 aromatic carbocycles. The normalized spacial score (nSPS) is 21.9. The zero-order valence-electron chi connectivity index (χ0n) is 17.8. The first kappa shape index (κ1) is 23.9. The first-order chi connectivity index (χ1) is 14.4. The van der Waals surface area contributed by atoms with Gasteiger partial charge in [0, 0.05) is 0 Å². The van der Waals surface area contributed by atoms with E-state index in [-0.39, 0.29) is 12.4 Å². The van der Waals surface area contributed by atoms with Crippen molar-refractivity contribution in [2.75, 3.05) is 0 Å². The second kappa shape index (κ2) is 8.64. The van der Waals surface area contributed by atoms with Gasteiger partial charge >= 0.3 is 10.2 Å². The molecule has 31 heavy (non-hydrogen) atoms. The van der Waals surface area contributed by atoms with Gasteiger partial charge in [-0.3, -0.25) is 0 Å². The molecule has 0 amide bonds. The van der Waals surface area contributed by atoms with Crippen molar-refractivity contribution >= 4 is 10.2 Å². The van der Waals surface area contributed by atoms with E-state index >= 15 is 0 Å². The molecule has 7 heteroatoms. The van der Waals surface area contributed by atoms with E-state index in [9.17, 15) is 19.4 Å². The monoisotopic (exact) mass is 462 g/mol. The maximum Gasteiger partial charge on any atom is 0.310 e. The molecule has 0 radical (unpaired) electrons. The number of benzene rings is 2. The molecule has 0 spiro atoms. The maximum atomic E-state index is 12.8. The van der Waals surface area contributed by atoms with Crippen LogP contribution in [0, 0.1) is 5.92 Å². The van der Waals surface area contributed by atoms with Crippen LogP contribution in [0.3, 0.4) is 0 Å². The molecule has 0 atom stereocenters. The van der Waals surface area contributed by atoms with E-state index in [0.29, 0.717) is 18.1 Å². The number of ether oxygens (including phenoxy) is 1. The van der Waals surface area contributed by atoms with Gasteiger partial charge in [-0.1, -0.05) is 76.3 Å². The summed E-state index contributed by atoms with van der Waals surface area (Å²) in [6.45, 7) is 2.40. The molecule has 0 aromatic heterocycles. The predicted molar refractivity (Wildman–Crippen MR) is 117 cm³/mol. The Hall–Kier alpha value is -1.76. The highest BCUT2D eigenvalue weighted by molar-refractivity contribution is 8.45. The molecule has 1 saturated carbocycles. The quantitative estimate of drug-likeness (QED) is 0.266. The highest BCUT2D eigenvalue weighted by Gasteiger charge is 2.65. The van der Waals surface area contributed by atoms with E-state index in [0.717, 1.165) is 23.6 Å². The lowest BCUT2D eigenvalue weighted by Crippen LogP contribution is -2.13. The molecule has 0 unspecified atom stereocenters. The molecule has 0 bridgehead atoms. The number of halogens is 5. The molecule has 0 heterocycles. The van der Waals surface area contributed by atoms with Crippen LogP contribution in [0.2, 0.25) is 0 Å². The fraction of sp³-hybridized carbons (Fsp3) is 0.500. The number of hydrogen-bond acceptors (Lipinski definition) is 1. The van der Waals surface area contributed by atoms with Gasteiger partial charge in [0.1, 0.15) is 17.3 Å². The summed E-state index contributed by atoms with van der Waals surface area (Å²) in [5, 5.41) is 0. The van der Waals surface area contributed by atoms with Gasteiger partial charge in [0.25, 0.3) is 0 Å². The SMILES string of the molecule is CCCCCC1CCC(c2ccc(COc3ccc(S(F)(F)(F)(F)F)cc3)cc2)CC1. The van der Waals surface area contributed by atoms with Gasteiger partial charge in [-0.05, 0) is 72.9 Å². The summed E-state index contributed by atoms with van der Waals surface area (Å²) in [5.74, 6) is 1.56. The van der Waals surface area contributed by atoms with E-state index in [1.54, 1.807) is 0 Å². The third-order valence-electron chi connectivity index (χ3n) is 6.19. The van der Waals surface area contributed by atoms with Crippen molar-refractivity contribution in [3.63, 3.8) is 0 Å². The smallest absolute Gasteiger partial charge is 0.310 e. The average Bonchev–Trinajstić information content (AvgIpc) is 2.72. The molecule has 1 aliphatic rings. The highest BCUT2D eigenvalue weighted by Crippen LogP contribution is 3.02. The molecule has 1 nitrogen and oxygen atoms in total. The largest absolute Gasteiger partial charge is 0.489 e. The molecule has 1 fully saturated rings. The summed E-state index contributed by atoms with van der Waals surface area (Å²) in [7, 11) is -9.64. The Labute approximate surface area is 181 Å². The van der Waals surface area contributed by atoms with Gasteiger partial charge in [0.05, 0.1) is 0 Å². The predicted octanol–water partition coefficient (Wildman–Crippen LogP) is 9.78. The second-order valence-corrected chi connectivity index (χ2v) is 11.1. The van der Waals surface area contributed by atoms with Crippen molar-refractivity contribution < 1.29 is 24.2 Å². The summed E-state index contributed by atoms with van der Waals surface area (Å²) in [6, 6.07) is 10.7. The van der Waals surface area contributed by atoms with Crippen LogP contribution in [-0.4, -0.2) is 0 Å². The van der Waals surface area contributed by atoms with E-state index in [1.165, 1.54) is 56.9 Å². The lowest BCUT2D eigenvalue weighted by atomic mass is 9.77. The lowest BCUT2D eigenvalue weighted by molar-refractivity contribution is 0.301. The molecule has 1 aliphatic carbocycles. The minimum atomic E-state index is -9.64. The summed E-state index contributed by atoms with van der Waals surface area (Å²) in [6.07, 6.45) is 10.3. The second-order valence-electron chi connectivity index (χ2n) is 8.68. The Kier molecular flexibility index (Phi) is 6.66. The third kappa shape index (κ3) is 7.13. The number of hydrogen-bond donors (Lipinski definition) is 0. The summed E-state index contributed by atoms with van der Waals surface area (Å²) >= 11 is 0. The zero-order chi connectivity index (χ0) is 22.6. The first-order valence-corrected chi connectivity index (χ1v) is 13.0. The van der Waals surface area contributed by atoms with Gasteiger partial charge in [0.2, 0.25) is 0 Å². The minimum Gasteiger partial charge on any atom is -0.489 e. The van der Waals surface area contributed by atoms with Crippen LogP contribution in [0.15, 0.2) is 53.4 Å². The van der Waals surface area contributed by atoms with Crippen molar-refractivity contribution in [2.24, 2.45) is 5.92 Å². The van der Waals surface area contributed by atoms with Crippen LogP contribution < -0.4 is 4.74 Å². The van der Waals surface area contributed by atoms with Crippen molar-refractivity contribution in [3.8, 4) is 5.75 Å². The average molecular weight is 463 g/mol. The van der Waals surface area contributed by atoms with Gasteiger partial charge < -0.3 is 4.74 Å². The maximum absolute atomic E-state index is 12.8. The highest BCUT2D eigenvalue weighted by atomic mass is 32.5. The Morgan fingerprint density at radius 1 is 0.806 bits per heavy atom. The third-order valence-corrected chi connectivity index (χ3v) is 7.35. The Balaban J connectivity index is 1.49. The van der Waals surface area contributed by atoms with E-state index in [4.69, 9.17) is 4.74 Å². The molecule has 0 aliphatic heterocycles. The summed E-state index contributed by atoms with van der Waals surface area (Å²) in [5.41, 5.74) is 2.20. The van der Waals surface area contributed by atoms with Crippen molar-refractivity contribution in [1.82, 2.24) is 0 Å². The lowest BCUT2D eigenvalue weighted by Gasteiger charge is -2.40. The van der Waals surface area contributed by atoms with Gasteiger partial charge in [-0.15, -0.1) is 0 Å². The number of rotatable bonds is 9. The zero-order valence-corrected chi connectivity index (χ0v) is 18.7. The molecule has 3 rings (SSSR count). The van der Waals surface area contributed by atoms with Crippen molar-refractivity contribution in [3.05, 3.63) is 59.7 Å². The van der Waals surface area contributed by atoms with E-state index in [2.05, 4.69) is 19.1 Å². The molecular weight excluding hydrogens is 431 g/mol. The Morgan fingerprint density at radius 2 is 1.42 bits per heavy atom. The van der Waals surface area contributed by atoms with Crippen LogP contribution in [0.5, 0.6) is 5.75 Å². The standard InChI is InChI=1S/C24H31F5OS/c1-2-3-4-5-19-6-10-21(11-7-19)22-12-8-20(9-13-22)18-30-23-14-16-24(17-15-23)31(25,26,27,28)29/h8-9,12-17,19,21H,2-7,10-11,18H2,1H3. The van der Waals surface area contributed by atoms with Gasteiger partial charge in [-0.2, -0.15) is 0 Å². The fourth-order valence-corrected chi connectivity index (χ4v) is 4.96. The molecule has 0 N–H and O–H groups in total. The van der Waals surface area contributed by atoms with Crippen LogP contribution in [0.25, 0.3) is 0 Å². The first-order valence-electron chi connectivity index (χ1n) is 11.0. The summed E-state index contributed by atoms with van der Waals surface area (Å²) in [4.78, 5) is -1.91. The minimum absolute atomic E-state index is 0.121. The molecule has 0 saturated heterocycles. The Morgan fingerprint density at radius 3 is 1.97 bits per heavy atom. The molecule has 2 aromatic rings. The van der Waals surface area contributed by atoms with Gasteiger partial charge in [-0.25, -0.2) is 0 Å². The Bertz CT molecular complexity index is 839. The van der Waals surface area contributed by atoms with Crippen molar-refractivity contribution in [1.29, 1.82) is 0 Å².